The van der Waals surface area contributed by atoms with E-state index >= 15 is 0 Å². The lowest BCUT2D eigenvalue weighted by atomic mass is 9.85. The summed E-state index contributed by atoms with van der Waals surface area (Å²) in [5.41, 5.74) is 4.78. The van der Waals surface area contributed by atoms with E-state index in [0.29, 0.717) is 23.0 Å². The van der Waals surface area contributed by atoms with Crippen LogP contribution in [0.25, 0.3) is 11.1 Å². The number of benzene rings is 4. The number of hydrogen-bond acceptors (Lipinski definition) is 20. The minimum atomic E-state index is -0.716. The molecule has 0 aliphatic rings. The second-order valence-corrected chi connectivity index (χ2v) is 19.4. The molecule has 0 aromatic heterocycles. The van der Waals surface area contributed by atoms with Crippen molar-refractivity contribution in [3.8, 4) is 23.0 Å². The molecular weight excluding hydrogens is 1120 g/mol. The van der Waals surface area contributed by atoms with Crippen molar-refractivity contribution in [3.05, 3.63) is 131 Å². The number of amides is 4. The molecule has 4 amide bonds. The van der Waals surface area contributed by atoms with Crippen molar-refractivity contribution in [2.45, 2.75) is 48.5 Å². The summed E-state index contributed by atoms with van der Waals surface area (Å²) < 4.78 is 64.9. The number of esters is 4. The molecule has 0 heterocycles. The molecule has 86 heavy (non-hydrogen) atoms. The number of carbonyl (C=O) groups excluding carboxylic acids is 8. The van der Waals surface area contributed by atoms with E-state index in [1.54, 1.807) is 90.1 Å². The first-order valence-corrected chi connectivity index (χ1v) is 27.9. The summed E-state index contributed by atoms with van der Waals surface area (Å²) in [7, 11) is 0. The van der Waals surface area contributed by atoms with Gasteiger partial charge in [-0.15, -0.1) is 0 Å². The molecule has 4 rings (SSSR count). The van der Waals surface area contributed by atoms with Crippen LogP contribution < -0.4 is 40.2 Å². The Hall–Kier alpha value is -9.48. The van der Waals surface area contributed by atoms with E-state index in [2.05, 4.69) is 27.8 Å². The minimum Gasteiger partial charge on any atom is -0.490 e. The van der Waals surface area contributed by atoms with Crippen LogP contribution in [0.15, 0.2) is 109 Å². The highest BCUT2D eigenvalue weighted by Gasteiger charge is 2.19. The Morgan fingerprint density at radius 2 is 0.547 bits per heavy atom. The molecule has 0 fully saturated rings. The Labute approximate surface area is 500 Å². The van der Waals surface area contributed by atoms with Gasteiger partial charge < -0.3 is 78.1 Å². The van der Waals surface area contributed by atoms with Crippen molar-refractivity contribution in [1.29, 1.82) is 0 Å². The van der Waals surface area contributed by atoms with Gasteiger partial charge in [0.1, 0.15) is 102 Å². The summed E-state index contributed by atoms with van der Waals surface area (Å²) in [6.45, 7) is 15.4. The van der Waals surface area contributed by atoms with Crippen molar-refractivity contribution in [2.24, 2.45) is 17.8 Å². The fraction of sp³-hybridized carbons (Fsp3) is 0.419. The van der Waals surface area contributed by atoms with Gasteiger partial charge in [-0.1, -0.05) is 96.7 Å². The van der Waals surface area contributed by atoms with Crippen molar-refractivity contribution in [3.63, 3.8) is 0 Å². The zero-order valence-electron chi connectivity index (χ0n) is 49.7. The minimum absolute atomic E-state index is 0.00554. The van der Waals surface area contributed by atoms with Gasteiger partial charge in [-0.3, -0.25) is 14.4 Å². The van der Waals surface area contributed by atoms with Crippen molar-refractivity contribution in [2.75, 3.05) is 105 Å². The second kappa shape index (κ2) is 38.4. The van der Waals surface area contributed by atoms with Crippen LogP contribution in [0.5, 0.6) is 23.0 Å². The van der Waals surface area contributed by atoms with Crippen LogP contribution >= 0.6 is 0 Å². The number of carbonyl (C=O) groups is 8. The van der Waals surface area contributed by atoms with E-state index in [9.17, 15) is 38.4 Å². The molecule has 0 spiro atoms. The fourth-order valence-corrected chi connectivity index (χ4v) is 7.00. The smallest absolute Gasteiger partial charge is 0.407 e. The van der Waals surface area contributed by atoms with Crippen LogP contribution in [0.2, 0.25) is 0 Å². The van der Waals surface area contributed by atoms with Gasteiger partial charge in [-0.2, -0.15) is 0 Å². The quantitative estimate of drug-likeness (QED) is 0.0111. The van der Waals surface area contributed by atoms with Gasteiger partial charge in [-0.05, 0) is 88.9 Å². The van der Waals surface area contributed by atoms with E-state index in [1.165, 1.54) is 6.92 Å². The van der Waals surface area contributed by atoms with Crippen LogP contribution in [0.1, 0.15) is 70.7 Å². The fourth-order valence-electron chi connectivity index (χ4n) is 7.00. The molecule has 0 saturated heterocycles. The highest BCUT2D eigenvalue weighted by atomic mass is 16.6. The predicted octanol–water partition coefficient (Wildman–Crippen LogP) is 7.83. The first kappa shape index (κ1) is 69.0. The maximum Gasteiger partial charge on any atom is 0.407 e. The molecule has 0 aliphatic carbocycles. The second-order valence-electron chi connectivity index (χ2n) is 19.4. The van der Waals surface area contributed by atoms with Gasteiger partial charge >= 0.3 is 48.3 Å². The Kier molecular flexibility index (Phi) is 30.8. The number of rotatable bonds is 36. The van der Waals surface area contributed by atoms with Gasteiger partial charge in [0.2, 0.25) is 0 Å². The Morgan fingerprint density at radius 1 is 0.326 bits per heavy atom. The number of nitrogens with one attached hydrogen (secondary N) is 4. The average Bonchev–Trinajstić information content (AvgIpc) is 1.89. The van der Waals surface area contributed by atoms with Gasteiger partial charge in [0, 0.05) is 5.57 Å². The van der Waals surface area contributed by atoms with Crippen LogP contribution in [0.4, 0.5) is 19.2 Å². The van der Waals surface area contributed by atoms with Crippen LogP contribution in [-0.4, -0.2) is 154 Å². The lowest BCUT2D eigenvalue weighted by Gasteiger charge is -2.19. The molecular formula is C62H78N4O20. The lowest BCUT2D eigenvalue weighted by Crippen LogP contribution is -2.30. The number of hydrogen-bond donors (Lipinski definition) is 4. The van der Waals surface area contributed by atoms with Gasteiger partial charge in [0.15, 0.2) is 0 Å². The summed E-state index contributed by atoms with van der Waals surface area (Å²) in [6, 6.07) is 29.3. The summed E-state index contributed by atoms with van der Waals surface area (Å²) in [5.74, 6) is -0.640. The molecule has 0 aliphatic heterocycles. The third-order valence-corrected chi connectivity index (χ3v) is 11.4. The lowest BCUT2D eigenvalue weighted by molar-refractivity contribution is -0.147. The van der Waals surface area contributed by atoms with Crippen LogP contribution in [0, 0.1) is 17.8 Å². The summed E-state index contributed by atoms with van der Waals surface area (Å²) >= 11 is 0. The Bertz CT molecular complexity index is 2740. The molecule has 0 saturated carbocycles. The molecule has 4 N–H and O–H groups in total. The van der Waals surface area contributed by atoms with E-state index in [4.69, 9.17) is 56.8 Å². The monoisotopic (exact) mass is 1200 g/mol. The summed E-state index contributed by atoms with van der Waals surface area (Å²) in [5, 5.41) is 10.1. The average molecular weight is 1200 g/mol. The molecule has 24 nitrogen and oxygen atoms in total. The van der Waals surface area contributed by atoms with E-state index in [1.807, 2.05) is 48.5 Å². The predicted molar refractivity (Wildman–Crippen MR) is 313 cm³/mol. The van der Waals surface area contributed by atoms with E-state index < -0.39 is 30.3 Å². The zero-order valence-corrected chi connectivity index (χ0v) is 49.7. The first-order valence-electron chi connectivity index (χ1n) is 27.9. The molecule has 0 radical (unpaired) electrons. The Balaban J connectivity index is 1.58. The standard InChI is InChI=1S/C62H78N4O20/c1-41(2)55(67)79-29-25-63-59(71)83-37-33-75-49-17-9-45(10-18-49)53(46-11-19-50(20-12-46)76-34-38-84-60(72)64-26-30-80-56(68)42(3)4)54(47-13-21-51(22-14-47)77-35-39-85-61(73)65-27-31-81-57(69)43(5)6)48-15-23-52(24-16-48)78-36-40-86-62(74)66-28-32-82-58(70)44(7)8/h9-24,42-44H,1,25-40H2,2-8H3,(H,63,71)(H,64,72)(H,65,73)(H,66,74). The van der Waals surface area contributed by atoms with Crippen LogP contribution in [0.3, 0.4) is 0 Å². The molecule has 0 atom stereocenters. The van der Waals surface area contributed by atoms with Crippen LogP contribution in [-0.2, 0) is 57.1 Å². The van der Waals surface area contributed by atoms with Gasteiger partial charge in [0.05, 0.1) is 43.9 Å². The third kappa shape index (κ3) is 26.8. The largest absolute Gasteiger partial charge is 0.490 e. The zero-order chi connectivity index (χ0) is 62.6. The highest BCUT2D eigenvalue weighted by Crippen LogP contribution is 2.39. The van der Waals surface area contributed by atoms with E-state index in [0.717, 1.165) is 33.4 Å². The maximum atomic E-state index is 12.3. The molecule has 4 aromatic carbocycles. The van der Waals surface area contributed by atoms with Crippen molar-refractivity contribution < 1.29 is 95.2 Å². The molecule has 466 valence electrons. The normalized spacial score (nSPS) is 10.6. The summed E-state index contributed by atoms with van der Waals surface area (Å²) in [4.78, 5) is 95.7. The highest BCUT2D eigenvalue weighted by molar-refractivity contribution is 6.04. The number of alkyl carbamates (subject to hydrolysis) is 4. The number of ether oxygens (including phenoxy) is 12. The first-order chi connectivity index (χ1) is 41.3. The van der Waals surface area contributed by atoms with Gasteiger partial charge in [-0.25, -0.2) is 24.0 Å². The summed E-state index contributed by atoms with van der Waals surface area (Å²) in [6.07, 6.45) is -2.80. The molecule has 0 unspecified atom stereocenters. The van der Waals surface area contributed by atoms with Crippen molar-refractivity contribution >= 4 is 59.4 Å². The maximum absolute atomic E-state index is 12.3. The SMILES string of the molecule is C=C(C)C(=O)OCCNC(=O)OCCOc1ccc(C(=C(c2ccc(OCCOC(=O)NCCOC(=O)C(C)C)cc2)c2ccc(OCCOC(=O)NCCOC(=O)C(C)C)cc2)c2ccc(OCCOC(=O)NCCOC(=O)C(C)C)cc2)cc1. The van der Waals surface area contributed by atoms with Crippen molar-refractivity contribution in [1.82, 2.24) is 21.3 Å². The third-order valence-electron chi connectivity index (χ3n) is 11.4. The molecule has 0 bridgehead atoms. The topological polar surface area (TPSA) is 295 Å². The molecule has 4 aromatic rings. The van der Waals surface area contributed by atoms with E-state index in [-0.39, 0.29) is 147 Å². The molecule has 24 heteroatoms. The van der Waals surface area contributed by atoms with Gasteiger partial charge in [0.25, 0.3) is 0 Å². The Morgan fingerprint density at radius 3 is 0.756 bits per heavy atom.